The van der Waals surface area contributed by atoms with Crippen molar-refractivity contribution >= 4 is 23.6 Å². The highest BCUT2D eigenvalue weighted by Gasteiger charge is 2.63. The van der Waals surface area contributed by atoms with Crippen LogP contribution in [-0.4, -0.2) is 53.5 Å². The van der Waals surface area contributed by atoms with E-state index in [-0.39, 0.29) is 28.0 Å². The predicted molar refractivity (Wildman–Crippen MR) is 71.4 cm³/mol. The SMILES string of the molecule is C=CC(=O)NC1C(=O)N2C(c3nn[nH]n3)C(C)(C)S[C@H]12. The molecule has 8 nitrogen and oxygen atoms in total. The first-order valence-electron chi connectivity index (χ1n) is 6.12. The van der Waals surface area contributed by atoms with Gasteiger partial charge in [-0.1, -0.05) is 11.8 Å². The second kappa shape index (κ2) is 4.30. The highest BCUT2D eigenvalue weighted by atomic mass is 32.2. The first kappa shape index (κ1) is 13.1. The number of aromatic amines is 1. The summed E-state index contributed by atoms with van der Waals surface area (Å²) in [5.41, 5.74) is 0. The summed E-state index contributed by atoms with van der Waals surface area (Å²) in [6.45, 7) is 7.44. The zero-order chi connectivity index (χ0) is 14.5. The lowest BCUT2D eigenvalue weighted by Crippen LogP contribution is -2.67. The molecule has 1 aromatic rings. The lowest BCUT2D eigenvalue weighted by atomic mass is 9.95. The molecule has 0 bridgehead atoms. The number of β-lactam (4-membered cyclic amide) rings is 1. The number of fused-ring (bicyclic) bond motifs is 1. The maximum atomic E-state index is 12.3. The van der Waals surface area contributed by atoms with E-state index in [4.69, 9.17) is 0 Å². The molecule has 2 aliphatic heterocycles. The first-order valence-corrected chi connectivity index (χ1v) is 7.00. The Morgan fingerprint density at radius 3 is 2.95 bits per heavy atom. The van der Waals surface area contributed by atoms with E-state index in [1.165, 1.54) is 0 Å². The van der Waals surface area contributed by atoms with Gasteiger partial charge in [0.25, 0.3) is 0 Å². The van der Waals surface area contributed by atoms with Gasteiger partial charge < -0.3 is 10.2 Å². The molecule has 2 fully saturated rings. The molecule has 0 radical (unpaired) electrons. The van der Waals surface area contributed by atoms with Crippen molar-refractivity contribution in [3.63, 3.8) is 0 Å². The van der Waals surface area contributed by atoms with Crippen molar-refractivity contribution in [2.45, 2.75) is 36.1 Å². The van der Waals surface area contributed by atoms with Gasteiger partial charge in [0.2, 0.25) is 11.8 Å². The van der Waals surface area contributed by atoms with Crippen LogP contribution in [0.15, 0.2) is 12.7 Å². The van der Waals surface area contributed by atoms with Crippen molar-refractivity contribution in [1.29, 1.82) is 0 Å². The highest BCUT2D eigenvalue weighted by Crippen LogP contribution is 2.56. The van der Waals surface area contributed by atoms with Crippen LogP contribution in [0, 0.1) is 0 Å². The normalized spacial score (nSPS) is 30.6. The predicted octanol–water partition coefficient (Wildman–Crippen LogP) is -0.395. The maximum absolute atomic E-state index is 12.3. The Hall–Kier alpha value is -1.90. The van der Waals surface area contributed by atoms with Crippen LogP contribution in [0.1, 0.15) is 25.7 Å². The van der Waals surface area contributed by atoms with Gasteiger partial charge in [0.15, 0.2) is 5.82 Å². The van der Waals surface area contributed by atoms with Crippen LogP contribution in [0.25, 0.3) is 0 Å². The van der Waals surface area contributed by atoms with Crippen molar-refractivity contribution < 1.29 is 9.59 Å². The third kappa shape index (κ3) is 1.73. The molecule has 3 atom stereocenters. The van der Waals surface area contributed by atoms with Gasteiger partial charge in [-0.3, -0.25) is 9.59 Å². The third-order valence-electron chi connectivity index (χ3n) is 3.53. The largest absolute Gasteiger partial charge is 0.338 e. The molecule has 3 rings (SSSR count). The Morgan fingerprint density at radius 1 is 1.60 bits per heavy atom. The second-order valence-corrected chi connectivity index (χ2v) is 6.99. The average molecular weight is 294 g/mol. The van der Waals surface area contributed by atoms with Crippen LogP contribution in [-0.2, 0) is 9.59 Å². The van der Waals surface area contributed by atoms with Crippen molar-refractivity contribution in [1.82, 2.24) is 30.8 Å². The fourth-order valence-electron chi connectivity index (χ4n) is 2.66. The van der Waals surface area contributed by atoms with Crippen molar-refractivity contribution in [3.05, 3.63) is 18.5 Å². The molecular weight excluding hydrogens is 280 g/mol. The molecule has 1 aromatic heterocycles. The number of H-pyrrole nitrogens is 1. The molecule has 106 valence electrons. The number of thioether (sulfide) groups is 1. The van der Waals surface area contributed by atoms with E-state index in [0.717, 1.165) is 6.08 Å². The molecule has 2 unspecified atom stereocenters. The second-order valence-electron chi connectivity index (χ2n) is 5.22. The summed E-state index contributed by atoms with van der Waals surface area (Å²) in [5.74, 6) is 0.0225. The molecule has 2 N–H and O–H groups in total. The minimum Gasteiger partial charge on any atom is -0.338 e. The fourth-order valence-corrected chi connectivity index (χ4v) is 4.29. The number of aromatic nitrogens is 4. The number of amides is 2. The molecule has 2 saturated heterocycles. The van der Waals surface area contributed by atoms with Gasteiger partial charge in [-0.05, 0) is 19.9 Å². The van der Waals surface area contributed by atoms with Gasteiger partial charge in [-0.25, -0.2) is 0 Å². The molecule has 9 heteroatoms. The zero-order valence-electron chi connectivity index (χ0n) is 11.0. The monoisotopic (exact) mass is 294 g/mol. The number of nitrogens with one attached hydrogen (secondary N) is 2. The van der Waals surface area contributed by atoms with E-state index in [0.29, 0.717) is 5.82 Å². The van der Waals surface area contributed by atoms with Gasteiger partial charge >= 0.3 is 0 Å². The molecular formula is C11H14N6O2S. The summed E-state index contributed by atoms with van der Waals surface area (Å²) in [6, 6.07) is -0.762. The van der Waals surface area contributed by atoms with Crippen LogP contribution in [0.3, 0.4) is 0 Å². The topological polar surface area (TPSA) is 104 Å². The van der Waals surface area contributed by atoms with Gasteiger partial charge in [-0.2, -0.15) is 5.21 Å². The van der Waals surface area contributed by atoms with Crippen LogP contribution in [0.4, 0.5) is 0 Å². The van der Waals surface area contributed by atoms with Gasteiger partial charge in [0.1, 0.15) is 17.5 Å². The highest BCUT2D eigenvalue weighted by molar-refractivity contribution is 8.01. The standard InChI is InChI=1S/C11H14N6O2S/c1-4-5(18)12-6-9(19)17-7(8-13-15-16-14-8)11(2,3)20-10(6)17/h4,6-7,10H,1H2,2-3H3,(H,12,18)(H,13,14,15,16)/t6?,7?,10-/m1/s1. The summed E-state index contributed by atoms with van der Waals surface area (Å²) in [7, 11) is 0. The van der Waals surface area contributed by atoms with Crippen LogP contribution in [0.2, 0.25) is 0 Å². The van der Waals surface area contributed by atoms with E-state index in [1.54, 1.807) is 16.7 Å². The molecule has 0 saturated carbocycles. The summed E-state index contributed by atoms with van der Waals surface area (Å²) in [6.07, 6.45) is 1.16. The molecule has 0 aromatic carbocycles. The summed E-state index contributed by atoms with van der Waals surface area (Å²) >= 11 is 1.62. The van der Waals surface area contributed by atoms with Crippen LogP contribution in [0.5, 0.6) is 0 Å². The van der Waals surface area contributed by atoms with Crippen molar-refractivity contribution in [3.8, 4) is 0 Å². The smallest absolute Gasteiger partial charge is 0.249 e. The molecule has 3 heterocycles. The number of rotatable bonds is 3. The summed E-state index contributed by atoms with van der Waals surface area (Å²) in [5, 5.41) is 16.5. The van der Waals surface area contributed by atoms with Gasteiger partial charge in [0, 0.05) is 4.75 Å². The fraction of sp³-hybridized carbons (Fsp3) is 0.545. The number of hydrogen-bond acceptors (Lipinski definition) is 6. The van der Waals surface area contributed by atoms with Crippen molar-refractivity contribution in [2.24, 2.45) is 0 Å². The Balaban J connectivity index is 1.86. The maximum Gasteiger partial charge on any atom is 0.249 e. The molecule has 0 aliphatic carbocycles. The zero-order valence-corrected chi connectivity index (χ0v) is 11.8. The number of carbonyl (C=O) groups excluding carboxylic acids is 2. The number of carbonyl (C=O) groups is 2. The Kier molecular flexibility index (Phi) is 2.82. The van der Waals surface area contributed by atoms with Crippen molar-refractivity contribution in [2.75, 3.05) is 0 Å². The molecule has 2 aliphatic rings. The molecule has 20 heavy (non-hydrogen) atoms. The van der Waals surface area contributed by atoms with E-state index >= 15 is 0 Å². The minimum atomic E-state index is -0.512. The van der Waals surface area contributed by atoms with E-state index in [1.807, 2.05) is 13.8 Å². The third-order valence-corrected chi connectivity index (χ3v) is 5.10. The Morgan fingerprint density at radius 2 is 2.35 bits per heavy atom. The Bertz CT molecular complexity index is 571. The van der Waals surface area contributed by atoms with E-state index in [9.17, 15) is 9.59 Å². The van der Waals surface area contributed by atoms with Crippen LogP contribution < -0.4 is 5.32 Å². The molecule has 2 amide bonds. The van der Waals surface area contributed by atoms with Crippen LogP contribution >= 0.6 is 11.8 Å². The minimum absolute atomic E-state index is 0.107. The molecule has 0 spiro atoms. The van der Waals surface area contributed by atoms with E-state index in [2.05, 4.69) is 32.5 Å². The lowest BCUT2D eigenvalue weighted by Gasteiger charge is -2.43. The van der Waals surface area contributed by atoms with E-state index < -0.39 is 6.04 Å². The van der Waals surface area contributed by atoms with Gasteiger partial charge in [0.05, 0.1) is 0 Å². The summed E-state index contributed by atoms with van der Waals surface area (Å²) in [4.78, 5) is 25.3. The number of tetrazole rings is 1. The lowest BCUT2D eigenvalue weighted by molar-refractivity contribution is -0.151. The Labute approximate surface area is 119 Å². The average Bonchev–Trinajstić information content (AvgIpc) is 2.99. The number of hydrogen-bond donors (Lipinski definition) is 2. The summed E-state index contributed by atoms with van der Waals surface area (Å²) < 4.78 is -0.252. The number of nitrogens with zero attached hydrogens (tertiary/aromatic N) is 4. The quantitative estimate of drug-likeness (QED) is 0.581. The first-order chi connectivity index (χ1) is 9.45. The van der Waals surface area contributed by atoms with Gasteiger partial charge in [-0.15, -0.1) is 22.0 Å².